The molecule has 1 aliphatic rings. The molecule has 1 amide bonds. The van der Waals surface area contributed by atoms with E-state index in [1.807, 2.05) is 60.7 Å². The number of rotatable bonds is 10. The topological polar surface area (TPSA) is 75.8 Å². The van der Waals surface area contributed by atoms with Gasteiger partial charge in [0.05, 0.1) is 18.1 Å². The molecular weight excluding hydrogens is 455 g/mol. The van der Waals surface area contributed by atoms with Crippen LogP contribution in [0.5, 0.6) is 5.75 Å². The summed E-state index contributed by atoms with van der Waals surface area (Å²) >= 11 is 0. The van der Waals surface area contributed by atoms with Gasteiger partial charge in [0.2, 0.25) is 5.91 Å². The molecule has 1 aliphatic heterocycles. The van der Waals surface area contributed by atoms with Crippen LogP contribution in [0, 0.1) is 5.82 Å². The summed E-state index contributed by atoms with van der Waals surface area (Å²) in [5.41, 5.74) is 7.59. The average Bonchev–Trinajstić information content (AvgIpc) is 3.36. The Hall–Kier alpha value is -3.22. The highest BCUT2D eigenvalue weighted by Gasteiger charge is 2.43. The molecule has 3 aromatic carbocycles. The fraction of sp³-hybridized carbons (Fsp3) is 0.367. The molecule has 1 atom stereocenters. The summed E-state index contributed by atoms with van der Waals surface area (Å²) in [4.78, 5) is 15.5. The maximum absolute atomic E-state index is 13.3. The number of nitrogens with two attached hydrogens (primary N) is 1. The van der Waals surface area contributed by atoms with Crippen LogP contribution in [0.1, 0.15) is 49.8 Å². The van der Waals surface area contributed by atoms with Crippen LogP contribution >= 0.6 is 0 Å². The molecule has 0 unspecified atom stereocenters. The molecule has 0 bridgehead atoms. The fourth-order valence-corrected chi connectivity index (χ4v) is 5.24. The van der Waals surface area contributed by atoms with Gasteiger partial charge in [0.25, 0.3) is 0 Å². The van der Waals surface area contributed by atoms with Crippen LogP contribution in [0.2, 0.25) is 0 Å². The molecule has 1 heterocycles. The Balaban J connectivity index is 1.46. The minimum atomic E-state index is -0.917. The van der Waals surface area contributed by atoms with Crippen molar-refractivity contribution in [3.63, 3.8) is 0 Å². The zero-order valence-electron chi connectivity index (χ0n) is 21.0. The summed E-state index contributed by atoms with van der Waals surface area (Å²) in [5.74, 6) is -1.34. The minimum Gasteiger partial charge on any atom is -0.505 e. The number of nitrogens with zero attached hydrogens (tertiary/aromatic N) is 1. The van der Waals surface area contributed by atoms with Gasteiger partial charge >= 0.3 is 0 Å². The number of hydrogen-bond acceptors (Lipinski definition) is 4. The van der Waals surface area contributed by atoms with Crippen molar-refractivity contribution in [3.05, 3.63) is 101 Å². The molecule has 6 heteroatoms. The van der Waals surface area contributed by atoms with Gasteiger partial charge in [-0.3, -0.25) is 9.69 Å². The first-order valence-corrected chi connectivity index (χ1v) is 12.5. The number of phenolic OH excluding ortho intramolecular Hbond substituents is 1. The van der Waals surface area contributed by atoms with E-state index in [-0.39, 0.29) is 23.3 Å². The largest absolute Gasteiger partial charge is 0.505 e. The Morgan fingerprint density at radius 2 is 1.64 bits per heavy atom. The predicted octanol–water partition coefficient (Wildman–Crippen LogP) is 5.15. The number of carbonyl (C=O) groups is 1. The maximum Gasteiger partial charge on any atom is 0.232 e. The summed E-state index contributed by atoms with van der Waals surface area (Å²) in [5, 5.41) is 9.60. The zero-order chi connectivity index (χ0) is 25.8. The van der Waals surface area contributed by atoms with Gasteiger partial charge in [-0.05, 0) is 61.9 Å². The Labute approximate surface area is 212 Å². The number of carbonyl (C=O) groups excluding carboxylic acids is 1. The van der Waals surface area contributed by atoms with Crippen molar-refractivity contribution >= 4 is 5.91 Å². The minimum absolute atomic E-state index is 0.0422. The highest BCUT2D eigenvalue weighted by atomic mass is 19.1. The Kier molecular flexibility index (Phi) is 7.76. The van der Waals surface area contributed by atoms with E-state index in [9.17, 15) is 14.3 Å². The molecule has 0 spiro atoms. The van der Waals surface area contributed by atoms with Gasteiger partial charge in [-0.2, -0.15) is 0 Å². The molecule has 1 saturated heterocycles. The summed E-state index contributed by atoms with van der Waals surface area (Å²) in [6.07, 6.45) is 2.27. The SMILES string of the molecule is CC(C)(CCC(C(N)=O)(c1ccccc1)c1ccccc1)N1CC[C@@H](OCc2ccc(F)c(O)c2)C1. The number of amides is 1. The summed E-state index contributed by atoms with van der Waals surface area (Å²) in [6, 6.07) is 23.9. The van der Waals surface area contributed by atoms with E-state index in [1.165, 1.54) is 12.1 Å². The number of ether oxygens (including phenoxy) is 1. The monoisotopic (exact) mass is 490 g/mol. The number of aromatic hydroxyl groups is 1. The normalized spacial score (nSPS) is 16.8. The van der Waals surface area contributed by atoms with Gasteiger partial charge in [-0.1, -0.05) is 66.7 Å². The third kappa shape index (κ3) is 5.45. The molecule has 5 nitrogen and oxygen atoms in total. The standard InChI is InChI=1S/C30H35FN2O3/c1-29(2,33-18-15-25(20-33)36-21-22-13-14-26(31)27(34)19-22)16-17-30(28(32)35,23-9-5-3-6-10-23)24-11-7-4-8-12-24/h3-14,19,25,34H,15-18,20-21H2,1-2H3,(H2,32,35)/t25-/m1/s1. The highest BCUT2D eigenvalue weighted by Crippen LogP contribution is 2.40. The first kappa shape index (κ1) is 25.9. The predicted molar refractivity (Wildman–Crippen MR) is 139 cm³/mol. The van der Waals surface area contributed by atoms with Crippen LogP contribution < -0.4 is 5.73 Å². The second-order valence-corrected chi connectivity index (χ2v) is 10.3. The van der Waals surface area contributed by atoms with Crippen LogP contribution in [-0.4, -0.2) is 40.6 Å². The second kappa shape index (κ2) is 10.8. The number of primary amides is 1. The van der Waals surface area contributed by atoms with Gasteiger partial charge in [0, 0.05) is 18.6 Å². The summed E-state index contributed by atoms with van der Waals surface area (Å²) in [6.45, 7) is 6.37. The number of hydrogen-bond donors (Lipinski definition) is 2. The van der Waals surface area contributed by atoms with Crippen molar-refractivity contribution in [2.75, 3.05) is 13.1 Å². The molecule has 3 aromatic rings. The lowest BCUT2D eigenvalue weighted by molar-refractivity contribution is -0.122. The van der Waals surface area contributed by atoms with Crippen LogP contribution in [-0.2, 0) is 21.6 Å². The third-order valence-electron chi connectivity index (χ3n) is 7.56. The molecule has 190 valence electrons. The van der Waals surface area contributed by atoms with Gasteiger partial charge in [0.15, 0.2) is 11.6 Å². The van der Waals surface area contributed by atoms with Gasteiger partial charge in [-0.25, -0.2) is 4.39 Å². The van der Waals surface area contributed by atoms with E-state index in [0.29, 0.717) is 13.0 Å². The average molecular weight is 491 g/mol. The lowest BCUT2D eigenvalue weighted by Crippen LogP contribution is -2.47. The highest BCUT2D eigenvalue weighted by molar-refractivity contribution is 5.90. The molecule has 0 aromatic heterocycles. The van der Waals surface area contributed by atoms with Crippen molar-refractivity contribution in [2.24, 2.45) is 5.73 Å². The van der Waals surface area contributed by atoms with Crippen molar-refractivity contribution in [3.8, 4) is 5.75 Å². The quantitative estimate of drug-likeness (QED) is 0.412. The van der Waals surface area contributed by atoms with Crippen LogP contribution in [0.15, 0.2) is 78.9 Å². The van der Waals surface area contributed by atoms with Crippen LogP contribution in [0.25, 0.3) is 0 Å². The van der Waals surface area contributed by atoms with E-state index in [1.54, 1.807) is 6.07 Å². The van der Waals surface area contributed by atoms with Crippen molar-refractivity contribution in [1.82, 2.24) is 4.90 Å². The molecule has 36 heavy (non-hydrogen) atoms. The van der Waals surface area contributed by atoms with E-state index >= 15 is 0 Å². The van der Waals surface area contributed by atoms with E-state index in [2.05, 4.69) is 18.7 Å². The van der Waals surface area contributed by atoms with Crippen LogP contribution in [0.4, 0.5) is 4.39 Å². The molecule has 0 saturated carbocycles. The zero-order valence-corrected chi connectivity index (χ0v) is 21.0. The van der Waals surface area contributed by atoms with Gasteiger partial charge in [0.1, 0.15) is 0 Å². The van der Waals surface area contributed by atoms with E-state index in [0.717, 1.165) is 42.6 Å². The Morgan fingerprint density at radius 1 is 1.03 bits per heavy atom. The summed E-state index contributed by atoms with van der Waals surface area (Å²) in [7, 11) is 0. The third-order valence-corrected chi connectivity index (χ3v) is 7.56. The van der Waals surface area contributed by atoms with Crippen molar-refractivity contribution in [2.45, 2.75) is 56.8 Å². The van der Waals surface area contributed by atoms with Gasteiger partial charge < -0.3 is 15.6 Å². The molecule has 4 rings (SSSR count). The Morgan fingerprint density at radius 3 is 2.19 bits per heavy atom. The molecular formula is C30H35FN2O3. The fourth-order valence-electron chi connectivity index (χ4n) is 5.24. The Bertz CT molecular complexity index is 1130. The molecule has 0 radical (unpaired) electrons. The molecule has 1 fully saturated rings. The van der Waals surface area contributed by atoms with Crippen molar-refractivity contribution < 1.29 is 19.0 Å². The van der Waals surface area contributed by atoms with E-state index < -0.39 is 11.2 Å². The number of phenols is 1. The molecule has 3 N–H and O–H groups in total. The van der Waals surface area contributed by atoms with Gasteiger partial charge in [-0.15, -0.1) is 0 Å². The van der Waals surface area contributed by atoms with Crippen LogP contribution in [0.3, 0.4) is 0 Å². The lowest BCUT2D eigenvalue weighted by atomic mass is 9.69. The lowest BCUT2D eigenvalue weighted by Gasteiger charge is -2.40. The maximum atomic E-state index is 13.3. The molecule has 0 aliphatic carbocycles. The second-order valence-electron chi connectivity index (χ2n) is 10.3. The first-order chi connectivity index (χ1) is 17.2. The van der Waals surface area contributed by atoms with E-state index in [4.69, 9.17) is 10.5 Å². The number of benzene rings is 3. The number of halogens is 1. The first-order valence-electron chi connectivity index (χ1n) is 12.5. The smallest absolute Gasteiger partial charge is 0.232 e. The van der Waals surface area contributed by atoms with Crippen molar-refractivity contribution in [1.29, 1.82) is 0 Å². The summed E-state index contributed by atoms with van der Waals surface area (Å²) < 4.78 is 19.4. The number of likely N-dealkylation sites (tertiary alicyclic amines) is 1.